The summed E-state index contributed by atoms with van der Waals surface area (Å²) in [5.74, 6) is 1.15. The normalized spacial score (nSPS) is 17.1. The van der Waals surface area contributed by atoms with Crippen molar-refractivity contribution in [3.63, 3.8) is 0 Å². The van der Waals surface area contributed by atoms with Crippen molar-refractivity contribution in [3.05, 3.63) is 65.0 Å². The Morgan fingerprint density at radius 2 is 1.77 bits per heavy atom. The lowest BCUT2D eigenvalue weighted by Gasteiger charge is -2.19. The molecule has 2 aromatic carbocycles. The number of anilines is 1. The van der Waals surface area contributed by atoms with Crippen LogP contribution in [0.5, 0.6) is 0 Å². The molecule has 0 radical (unpaired) electrons. The molecular weight excluding hydrogens is 326 g/mol. The minimum Gasteiger partial charge on any atom is -0.334 e. The number of aromatic nitrogens is 2. The van der Waals surface area contributed by atoms with Gasteiger partial charge in [0.15, 0.2) is 5.82 Å². The topological polar surface area (TPSA) is 59.2 Å². The van der Waals surface area contributed by atoms with Crippen molar-refractivity contribution in [3.8, 4) is 11.5 Å². The van der Waals surface area contributed by atoms with Crippen LogP contribution in [0.3, 0.4) is 0 Å². The van der Waals surface area contributed by atoms with E-state index in [1.54, 1.807) is 0 Å². The van der Waals surface area contributed by atoms with Gasteiger partial charge in [-0.25, -0.2) is 0 Å². The standard InChI is InChI=1S/C21H21N3O2/c1-13-4-7-16(8-5-13)21-22-20(23-26-21)17-11-19(25)24(12-17)18-9-6-14(2)10-15(18)3/h4-10,17H,11-12H2,1-3H3. The molecule has 0 aliphatic carbocycles. The number of hydrogen-bond acceptors (Lipinski definition) is 4. The van der Waals surface area contributed by atoms with Crippen molar-refractivity contribution in [2.75, 3.05) is 11.4 Å². The Morgan fingerprint density at radius 3 is 2.50 bits per heavy atom. The monoisotopic (exact) mass is 347 g/mol. The molecule has 1 amide bonds. The summed E-state index contributed by atoms with van der Waals surface area (Å²) < 4.78 is 5.43. The van der Waals surface area contributed by atoms with Gasteiger partial charge in [0, 0.05) is 30.1 Å². The van der Waals surface area contributed by atoms with Crippen LogP contribution < -0.4 is 4.90 Å². The lowest BCUT2D eigenvalue weighted by atomic mass is 10.1. The van der Waals surface area contributed by atoms with Gasteiger partial charge in [0.25, 0.3) is 5.89 Å². The Morgan fingerprint density at radius 1 is 1.04 bits per heavy atom. The van der Waals surface area contributed by atoms with Gasteiger partial charge in [-0.05, 0) is 44.5 Å². The molecule has 0 saturated carbocycles. The van der Waals surface area contributed by atoms with Crippen LogP contribution in [0.4, 0.5) is 5.69 Å². The zero-order valence-electron chi connectivity index (χ0n) is 15.2. The van der Waals surface area contributed by atoms with E-state index in [0.29, 0.717) is 24.7 Å². The van der Waals surface area contributed by atoms with Crippen molar-refractivity contribution in [1.29, 1.82) is 0 Å². The molecule has 1 unspecified atom stereocenters. The SMILES string of the molecule is Cc1ccc(-c2nc(C3CC(=O)N(c4ccc(C)cc4C)C3)no2)cc1. The van der Waals surface area contributed by atoms with Crippen molar-refractivity contribution < 1.29 is 9.32 Å². The first-order valence-corrected chi connectivity index (χ1v) is 8.79. The van der Waals surface area contributed by atoms with Crippen LogP contribution in [0.1, 0.15) is 34.9 Å². The van der Waals surface area contributed by atoms with Gasteiger partial charge in [0.05, 0.1) is 0 Å². The van der Waals surface area contributed by atoms with E-state index in [1.807, 2.05) is 55.1 Å². The van der Waals surface area contributed by atoms with Crippen molar-refractivity contribution in [2.24, 2.45) is 0 Å². The van der Waals surface area contributed by atoms with Gasteiger partial charge in [-0.1, -0.05) is 40.5 Å². The van der Waals surface area contributed by atoms with Gasteiger partial charge in [-0.2, -0.15) is 4.98 Å². The lowest BCUT2D eigenvalue weighted by Crippen LogP contribution is -2.25. The predicted octanol–water partition coefficient (Wildman–Crippen LogP) is 4.18. The van der Waals surface area contributed by atoms with E-state index >= 15 is 0 Å². The molecule has 1 aromatic heterocycles. The summed E-state index contributed by atoms with van der Waals surface area (Å²) in [6, 6.07) is 14.1. The summed E-state index contributed by atoms with van der Waals surface area (Å²) in [5, 5.41) is 4.13. The fraction of sp³-hybridized carbons (Fsp3) is 0.286. The first-order valence-electron chi connectivity index (χ1n) is 8.79. The molecule has 5 heteroatoms. The molecular formula is C21H21N3O2. The molecule has 1 fully saturated rings. The zero-order valence-corrected chi connectivity index (χ0v) is 15.2. The summed E-state index contributed by atoms with van der Waals surface area (Å²) in [6.45, 7) is 6.70. The highest BCUT2D eigenvalue weighted by Crippen LogP contribution is 2.33. The number of benzene rings is 2. The average Bonchev–Trinajstić information content (AvgIpc) is 3.23. The molecule has 0 N–H and O–H groups in total. The van der Waals surface area contributed by atoms with Crippen molar-refractivity contribution in [2.45, 2.75) is 33.1 Å². The summed E-state index contributed by atoms with van der Waals surface area (Å²) in [6.07, 6.45) is 0.403. The first kappa shape index (κ1) is 16.5. The van der Waals surface area contributed by atoms with Gasteiger partial charge >= 0.3 is 0 Å². The molecule has 4 rings (SSSR count). The van der Waals surface area contributed by atoms with Crippen LogP contribution in [0.2, 0.25) is 0 Å². The van der Waals surface area contributed by atoms with Crippen LogP contribution in [-0.2, 0) is 4.79 Å². The molecule has 26 heavy (non-hydrogen) atoms. The second kappa shape index (κ2) is 6.41. The number of aryl methyl sites for hydroxylation is 3. The molecule has 2 heterocycles. The van der Waals surface area contributed by atoms with Crippen LogP contribution in [0.15, 0.2) is 47.0 Å². The van der Waals surface area contributed by atoms with Gasteiger partial charge in [0.2, 0.25) is 5.91 Å². The van der Waals surface area contributed by atoms with E-state index in [2.05, 4.69) is 23.1 Å². The van der Waals surface area contributed by atoms with E-state index < -0.39 is 0 Å². The second-order valence-electron chi connectivity index (χ2n) is 7.02. The zero-order chi connectivity index (χ0) is 18.3. The first-order chi connectivity index (χ1) is 12.5. The molecule has 132 valence electrons. The highest BCUT2D eigenvalue weighted by Gasteiger charge is 2.35. The number of nitrogens with zero attached hydrogens (tertiary/aromatic N) is 3. The Hall–Kier alpha value is -2.95. The molecule has 1 atom stereocenters. The molecule has 0 spiro atoms. The van der Waals surface area contributed by atoms with E-state index in [-0.39, 0.29) is 11.8 Å². The quantitative estimate of drug-likeness (QED) is 0.713. The van der Waals surface area contributed by atoms with Crippen LogP contribution >= 0.6 is 0 Å². The van der Waals surface area contributed by atoms with Crippen LogP contribution in [-0.4, -0.2) is 22.6 Å². The number of amides is 1. The third-order valence-electron chi connectivity index (χ3n) is 4.87. The third-order valence-corrected chi connectivity index (χ3v) is 4.87. The highest BCUT2D eigenvalue weighted by atomic mass is 16.5. The average molecular weight is 347 g/mol. The molecule has 1 aliphatic heterocycles. The molecule has 0 bridgehead atoms. The van der Waals surface area contributed by atoms with Crippen LogP contribution in [0, 0.1) is 20.8 Å². The van der Waals surface area contributed by atoms with Crippen LogP contribution in [0.25, 0.3) is 11.5 Å². The van der Waals surface area contributed by atoms with E-state index in [1.165, 1.54) is 11.1 Å². The van der Waals surface area contributed by atoms with Gasteiger partial charge in [0.1, 0.15) is 0 Å². The fourth-order valence-electron chi connectivity index (χ4n) is 3.44. The fourth-order valence-corrected chi connectivity index (χ4v) is 3.44. The van der Waals surface area contributed by atoms with Crippen molar-refractivity contribution >= 4 is 11.6 Å². The van der Waals surface area contributed by atoms with Gasteiger partial charge < -0.3 is 9.42 Å². The molecule has 3 aromatic rings. The number of hydrogen-bond donors (Lipinski definition) is 0. The molecule has 1 aliphatic rings. The maximum absolute atomic E-state index is 12.5. The Kier molecular flexibility index (Phi) is 4.07. The number of carbonyl (C=O) groups excluding carboxylic acids is 1. The maximum Gasteiger partial charge on any atom is 0.257 e. The Labute approximate surface area is 152 Å². The largest absolute Gasteiger partial charge is 0.334 e. The van der Waals surface area contributed by atoms with E-state index in [9.17, 15) is 4.79 Å². The maximum atomic E-state index is 12.5. The minimum atomic E-state index is -0.0499. The number of carbonyl (C=O) groups is 1. The summed E-state index contributed by atoms with van der Waals surface area (Å²) in [4.78, 5) is 18.9. The summed E-state index contributed by atoms with van der Waals surface area (Å²) in [5.41, 5.74) is 5.33. The minimum absolute atomic E-state index is 0.0499. The smallest absolute Gasteiger partial charge is 0.257 e. The third kappa shape index (κ3) is 3.01. The van der Waals surface area contributed by atoms with E-state index in [0.717, 1.165) is 16.8 Å². The predicted molar refractivity (Wildman–Crippen MR) is 100 cm³/mol. The molecule has 5 nitrogen and oxygen atoms in total. The van der Waals surface area contributed by atoms with Gasteiger partial charge in [-0.15, -0.1) is 0 Å². The summed E-state index contributed by atoms with van der Waals surface area (Å²) >= 11 is 0. The Bertz CT molecular complexity index is 960. The Balaban J connectivity index is 1.56. The second-order valence-corrected chi connectivity index (χ2v) is 7.02. The van der Waals surface area contributed by atoms with Gasteiger partial charge in [-0.3, -0.25) is 4.79 Å². The van der Waals surface area contributed by atoms with Crippen molar-refractivity contribution in [1.82, 2.24) is 10.1 Å². The highest BCUT2D eigenvalue weighted by molar-refractivity contribution is 5.97. The summed E-state index contributed by atoms with van der Waals surface area (Å²) in [7, 11) is 0. The lowest BCUT2D eigenvalue weighted by molar-refractivity contribution is -0.117. The number of rotatable bonds is 3. The molecule has 1 saturated heterocycles. The van der Waals surface area contributed by atoms with E-state index in [4.69, 9.17) is 4.52 Å².